The van der Waals surface area contributed by atoms with Gasteiger partial charge in [0, 0.05) is 19.2 Å². The predicted octanol–water partition coefficient (Wildman–Crippen LogP) is 7.02. The zero-order valence-corrected chi connectivity index (χ0v) is 27.0. The van der Waals surface area contributed by atoms with E-state index in [1.54, 1.807) is 11.8 Å². The molecular weight excluding hydrogens is 514 g/mol. The average Bonchev–Trinajstić information content (AvgIpc) is 3.27. The molecule has 2 saturated heterocycles. The summed E-state index contributed by atoms with van der Waals surface area (Å²) in [5.74, 6) is 3.24. The van der Waals surface area contributed by atoms with E-state index >= 15 is 0 Å². The van der Waals surface area contributed by atoms with Gasteiger partial charge in [-0.25, -0.2) is 4.79 Å². The number of carbonyl (C=O) groups excluding carboxylic acids is 2. The Kier molecular flexibility index (Phi) is 14.9. The Balaban J connectivity index is 1.16. The molecule has 3 N–H and O–H groups in total. The largest absolute Gasteiger partial charge is 0.387 e. The standard InChI is InChI=1S/C34H63N3O4/c1-6-28-22-27(21-24(3)26(28)5)19-17-15-13-11-9-8-10-12-14-16-18-20-41-31-29(7-2)35-32(30(31)38)37-23-25(4)33(39)36-34(37)40/h24-32,35,38H,6-23H2,1-5H3,(H,36,39,40)/t24-,25?,26-,27?,28+,29-,30+,31?,32+/m1/s1. The number of unbranched alkanes of at least 4 members (excludes halogenated alkanes) is 10. The molecule has 1 saturated carbocycles. The van der Waals surface area contributed by atoms with Crippen molar-refractivity contribution < 1.29 is 19.4 Å². The molecule has 41 heavy (non-hydrogen) atoms. The Morgan fingerprint density at radius 1 is 0.854 bits per heavy atom. The number of aliphatic hydroxyl groups is 1. The van der Waals surface area contributed by atoms with Gasteiger partial charge in [-0.15, -0.1) is 0 Å². The van der Waals surface area contributed by atoms with E-state index in [2.05, 4.69) is 38.3 Å². The second-order valence-electron chi connectivity index (χ2n) is 13.8. The van der Waals surface area contributed by atoms with Crippen LogP contribution in [0.1, 0.15) is 137 Å². The van der Waals surface area contributed by atoms with E-state index in [4.69, 9.17) is 4.74 Å². The number of hydrogen-bond donors (Lipinski definition) is 3. The topological polar surface area (TPSA) is 90.9 Å². The first-order valence-corrected chi connectivity index (χ1v) is 17.4. The third-order valence-corrected chi connectivity index (χ3v) is 10.7. The Hall–Kier alpha value is -1.18. The number of amides is 3. The van der Waals surface area contributed by atoms with Crippen LogP contribution in [0.15, 0.2) is 0 Å². The number of imide groups is 1. The van der Waals surface area contributed by atoms with Crippen LogP contribution in [0.4, 0.5) is 4.79 Å². The van der Waals surface area contributed by atoms with Crippen molar-refractivity contribution in [3.05, 3.63) is 0 Å². The molecule has 7 nitrogen and oxygen atoms in total. The van der Waals surface area contributed by atoms with Crippen LogP contribution < -0.4 is 10.6 Å². The Labute approximate surface area is 251 Å². The zero-order valence-electron chi connectivity index (χ0n) is 27.0. The molecule has 3 aliphatic rings. The predicted molar refractivity (Wildman–Crippen MR) is 166 cm³/mol. The molecular formula is C34H63N3O4. The first-order chi connectivity index (χ1) is 19.8. The fourth-order valence-electron chi connectivity index (χ4n) is 7.73. The summed E-state index contributed by atoms with van der Waals surface area (Å²) in [6.45, 7) is 12.1. The first kappa shape index (κ1) is 34.3. The van der Waals surface area contributed by atoms with Gasteiger partial charge in [0.05, 0.1) is 5.92 Å². The molecule has 0 bridgehead atoms. The van der Waals surface area contributed by atoms with Crippen LogP contribution in [0.5, 0.6) is 0 Å². The van der Waals surface area contributed by atoms with Gasteiger partial charge >= 0.3 is 6.03 Å². The van der Waals surface area contributed by atoms with Crippen molar-refractivity contribution in [2.45, 2.75) is 162 Å². The van der Waals surface area contributed by atoms with Crippen LogP contribution in [-0.4, -0.2) is 59.5 Å². The van der Waals surface area contributed by atoms with Gasteiger partial charge < -0.3 is 14.7 Å². The molecule has 7 heteroatoms. The van der Waals surface area contributed by atoms with Crippen molar-refractivity contribution in [2.75, 3.05) is 13.2 Å². The molecule has 9 atom stereocenters. The number of carbonyl (C=O) groups is 2. The number of hydrogen-bond acceptors (Lipinski definition) is 5. The normalized spacial score (nSPS) is 34.3. The minimum atomic E-state index is -0.806. The molecule has 3 rings (SSSR count). The third-order valence-electron chi connectivity index (χ3n) is 10.7. The third kappa shape index (κ3) is 10.2. The number of nitrogens with zero attached hydrogens (tertiary/aromatic N) is 1. The Bertz CT molecular complexity index is 779. The monoisotopic (exact) mass is 577 g/mol. The summed E-state index contributed by atoms with van der Waals surface area (Å²) in [5, 5.41) is 16.7. The summed E-state index contributed by atoms with van der Waals surface area (Å²) in [4.78, 5) is 25.7. The van der Waals surface area contributed by atoms with Crippen LogP contribution in [0.3, 0.4) is 0 Å². The number of nitrogens with one attached hydrogen (secondary N) is 2. The molecule has 3 unspecified atom stereocenters. The van der Waals surface area contributed by atoms with E-state index in [0.717, 1.165) is 42.9 Å². The van der Waals surface area contributed by atoms with E-state index in [-0.39, 0.29) is 24.0 Å². The van der Waals surface area contributed by atoms with Crippen molar-refractivity contribution in [3.8, 4) is 0 Å². The number of rotatable bonds is 18. The van der Waals surface area contributed by atoms with E-state index in [9.17, 15) is 14.7 Å². The maximum Gasteiger partial charge on any atom is 0.325 e. The van der Waals surface area contributed by atoms with Crippen LogP contribution in [0.2, 0.25) is 0 Å². The van der Waals surface area contributed by atoms with Crippen molar-refractivity contribution >= 4 is 11.9 Å². The highest BCUT2D eigenvalue weighted by Gasteiger charge is 2.47. The summed E-state index contributed by atoms with van der Waals surface area (Å²) in [6.07, 6.45) is 19.3. The van der Waals surface area contributed by atoms with Gasteiger partial charge in [-0.3, -0.25) is 15.4 Å². The quantitative estimate of drug-likeness (QED) is 0.152. The van der Waals surface area contributed by atoms with Crippen LogP contribution in [-0.2, 0) is 9.53 Å². The van der Waals surface area contributed by atoms with Gasteiger partial charge in [0.2, 0.25) is 5.91 Å². The van der Waals surface area contributed by atoms with Crippen LogP contribution >= 0.6 is 0 Å². The molecule has 2 heterocycles. The smallest absolute Gasteiger partial charge is 0.325 e. The van der Waals surface area contributed by atoms with Gasteiger partial charge in [0.1, 0.15) is 18.4 Å². The van der Waals surface area contributed by atoms with E-state index in [0.29, 0.717) is 13.2 Å². The average molecular weight is 578 g/mol. The lowest BCUT2D eigenvalue weighted by Crippen LogP contribution is -2.62. The molecule has 0 aromatic carbocycles. The molecule has 0 aromatic heterocycles. The Morgan fingerprint density at radius 3 is 2.07 bits per heavy atom. The highest BCUT2D eigenvalue weighted by atomic mass is 16.5. The second kappa shape index (κ2) is 17.8. The van der Waals surface area contributed by atoms with E-state index in [1.165, 1.54) is 83.5 Å². The van der Waals surface area contributed by atoms with Crippen LogP contribution in [0.25, 0.3) is 0 Å². The van der Waals surface area contributed by atoms with Gasteiger partial charge in [-0.2, -0.15) is 0 Å². The minimum absolute atomic E-state index is 0.0103. The summed E-state index contributed by atoms with van der Waals surface area (Å²) in [5.41, 5.74) is 0. The number of ether oxygens (including phenoxy) is 1. The van der Waals surface area contributed by atoms with Crippen molar-refractivity contribution in [1.82, 2.24) is 15.5 Å². The lowest BCUT2D eigenvalue weighted by atomic mass is 9.67. The molecule has 1 aliphatic carbocycles. The summed E-state index contributed by atoms with van der Waals surface area (Å²) in [7, 11) is 0. The minimum Gasteiger partial charge on any atom is -0.387 e. The summed E-state index contributed by atoms with van der Waals surface area (Å²) >= 11 is 0. The lowest BCUT2D eigenvalue weighted by molar-refractivity contribution is -0.126. The van der Waals surface area contributed by atoms with E-state index < -0.39 is 18.3 Å². The number of urea groups is 1. The van der Waals surface area contributed by atoms with Crippen molar-refractivity contribution in [2.24, 2.45) is 29.6 Å². The summed E-state index contributed by atoms with van der Waals surface area (Å²) < 4.78 is 6.14. The number of aliphatic hydroxyl groups excluding tert-OH is 1. The van der Waals surface area contributed by atoms with Crippen molar-refractivity contribution in [1.29, 1.82) is 0 Å². The molecule has 0 spiro atoms. The molecule has 238 valence electrons. The highest BCUT2D eigenvalue weighted by molar-refractivity contribution is 5.97. The molecule has 0 aromatic rings. The second-order valence-corrected chi connectivity index (χ2v) is 13.8. The van der Waals surface area contributed by atoms with Crippen molar-refractivity contribution in [3.63, 3.8) is 0 Å². The van der Waals surface area contributed by atoms with E-state index in [1.807, 2.05) is 0 Å². The maximum absolute atomic E-state index is 12.4. The Morgan fingerprint density at radius 2 is 1.46 bits per heavy atom. The van der Waals surface area contributed by atoms with Gasteiger partial charge in [-0.1, -0.05) is 112 Å². The van der Waals surface area contributed by atoms with Crippen LogP contribution in [0, 0.1) is 29.6 Å². The molecule has 0 radical (unpaired) electrons. The zero-order chi connectivity index (χ0) is 29.8. The lowest BCUT2D eigenvalue weighted by Gasteiger charge is -2.38. The fourth-order valence-corrected chi connectivity index (χ4v) is 7.73. The first-order valence-electron chi connectivity index (χ1n) is 17.4. The fraction of sp³-hybridized carbons (Fsp3) is 0.941. The molecule has 3 fully saturated rings. The molecule has 2 aliphatic heterocycles. The SMILES string of the molecule is CC[C@H]1CC(CCCCCCCCCCCCCOC2[C@@H](CC)N[C@@H](N3CC(C)C(=O)NC3=O)[C@H]2O)C[C@@H](C)[C@H]1C. The van der Waals surface area contributed by atoms with Gasteiger partial charge in [0.15, 0.2) is 0 Å². The maximum atomic E-state index is 12.4. The van der Waals surface area contributed by atoms with Gasteiger partial charge in [0.25, 0.3) is 0 Å². The molecule has 3 amide bonds. The van der Waals surface area contributed by atoms with Gasteiger partial charge in [-0.05, 0) is 49.4 Å². The summed E-state index contributed by atoms with van der Waals surface area (Å²) in [6, 6.07) is -0.451. The highest BCUT2D eigenvalue weighted by Crippen LogP contribution is 2.41.